The predicted octanol–water partition coefficient (Wildman–Crippen LogP) is 3.40. The largest absolute Gasteiger partial charge is 0.493 e. The number of carbonyl (C=O) groups is 1. The first-order chi connectivity index (χ1) is 12.1. The van der Waals surface area contributed by atoms with Crippen molar-refractivity contribution in [1.82, 2.24) is 0 Å². The van der Waals surface area contributed by atoms with Crippen molar-refractivity contribution < 1.29 is 14.4 Å². The van der Waals surface area contributed by atoms with Crippen molar-refractivity contribution in [3.05, 3.63) is 106 Å². The monoisotopic (exact) mass is 396 g/mol. The average molecular weight is 397 g/mol. The number of benzene rings is 1. The van der Waals surface area contributed by atoms with Crippen LogP contribution in [0.3, 0.4) is 0 Å². The molecule has 1 aliphatic carbocycles. The van der Waals surface area contributed by atoms with Gasteiger partial charge in [-0.05, 0) is 47.6 Å². The summed E-state index contributed by atoms with van der Waals surface area (Å²) in [7, 11) is 1.51. The Labute approximate surface area is 156 Å². The number of rotatable bonds is 4. The number of hydrogen-bond donors (Lipinski definition) is 1. The van der Waals surface area contributed by atoms with Gasteiger partial charge in [0, 0.05) is 10.0 Å². The van der Waals surface area contributed by atoms with Crippen molar-refractivity contribution in [3.63, 3.8) is 0 Å². The number of ketones is 1. The topological polar surface area (TPSA) is 30.7 Å². The summed E-state index contributed by atoms with van der Waals surface area (Å²) in [6.07, 6.45) is 17.6. The SMILES string of the molecule is COC1=CC(=CC=C2C=C[NH+](Cc3ccc(Br)cc3)C=C2)C=CC1=O. The van der Waals surface area contributed by atoms with Crippen LogP contribution in [0, 0.1) is 0 Å². The number of allylic oxidation sites excluding steroid dienone is 9. The summed E-state index contributed by atoms with van der Waals surface area (Å²) in [6, 6.07) is 8.39. The molecule has 3 rings (SSSR count). The fourth-order valence-corrected chi connectivity index (χ4v) is 2.83. The second-order valence-corrected chi connectivity index (χ2v) is 6.70. The van der Waals surface area contributed by atoms with Crippen molar-refractivity contribution in [3.8, 4) is 0 Å². The Morgan fingerprint density at radius 1 is 1.00 bits per heavy atom. The first-order valence-corrected chi connectivity index (χ1v) is 8.80. The Morgan fingerprint density at radius 2 is 1.68 bits per heavy atom. The van der Waals surface area contributed by atoms with E-state index >= 15 is 0 Å². The van der Waals surface area contributed by atoms with Crippen LogP contribution in [0.25, 0.3) is 0 Å². The highest BCUT2D eigenvalue weighted by Crippen LogP contribution is 2.14. The maximum Gasteiger partial charge on any atom is 0.220 e. The molecular formula is C21H19BrNO2+. The van der Waals surface area contributed by atoms with Crippen LogP contribution < -0.4 is 4.90 Å². The van der Waals surface area contributed by atoms with Crippen LogP contribution in [0.5, 0.6) is 0 Å². The van der Waals surface area contributed by atoms with Gasteiger partial charge >= 0.3 is 0 Å². The molecule has 0 bridgehead atoms. The highest BCUT2D eigenvalue weighted by atomic mass is 79.9. The molecule has 0 fully saturated rings. The number of ether oxygens (including phenoxy) is 1. The summed E-state index contributed by atoms with van der Waals surface area (Å²) in [5.74, 6) is 0.268. The van der Waals surface area contributed by atoms with Crippen LogP contribution in [0.4, 0.5) is 0 Å². The molecule has 0 atom stereocenters. The number of hydrogen-bond acceptors (Lipinski definition) is 2. The molecule has 1 N–H and O–H groups in total. The molecule has 0 saturated heterocycles. The van der Waals surface area contributed by atoms with Gasteiger partial charge < -0.3 is 4.74 Å². The van der Waals surface area contributed by atoms with Gasteiger partial charge in [0.2, 0.25) is 5.78 Å². The summed E-state index contributed by atoms with van der Waals surface area (Å²) >= 11 is 3.46. The molecule has 3 nitrogen and oxygen atoms in total. The molecule has 0 amide bonds. The Morgan fingerprint density at radius 3 is 2.36 bits per heavy atom. The Balaban J connectivity index is 1.64. The molecule has 0 saturated carbocycles. The van der Waals surface area contributed by atoms with E-state index < -0.39 is 0 Å². The number of halogens is 1. The lowest BCUT2D eigenvalue weighted by Crippen LogP contribution is -3.01. The molecule has 126 valence electrons. The smallest absolute Gasteiger partial charge is 0.220 e. The summed E-state index contributed by atoms with van der Waals surface area (Å²) in [4.78, 5) is 12.8. The standard InChI is InChI=1S/C21H18BrNO2/c1-25-21-14-17(6-9-20(21)24)3-2-16-10-12-23(13-11-16)15-18-4-7-19(22)8-5-18/h2-14H,15H2,1H3/p+1. The molecule has 1 aromatic rings. The molecule has 1 aliphatic heterocycles. The van der Waals surface area contributed by atoms with E-state index in [0.29, 0.717) is 5.76 Å². The molecule has 0 aromatic heterocycles. The van der Waals surface area contributed by atoms with Crippen LogP contribution >= 0.6 is 15.9 Å². The van der Waals surface area contributed by atoms with Gasteiger partial charge in [-0.3, -0.25) is 9.69 Å². The first-order valence-electron chi connectivity index (χ1n) is 8.00. The zero-order valence-corrected chi connectivity index (χ0v) is 15.5. The number of methoxy groups -OCH3 is 1. The lowest BCUT2D eigenvalue weighted by Gasteiger charge is -2.13. The van der Waals surface area contributed by atoms with Gasteiger partial charge in [0.25, 0.3) is 0 Å². The molecule has 25 heavy (non-hydrogen) atoms. The van der Waals surface area contributed by atoms with E-state index in [1.165, 1.54) is 23.6 Å². The van der Waals surface area contributed by atoms with E-state index in [-0.39, 0.29) is 5.78 Å². The fraction of sp³-hybridized carbons (Fsp3) is 0.0952. The van der Waals surface area contributed by atoms with Gasteiger partial charge in [-0.2, -0.15) is 0 Å². The van der Waals surface area contributed by atoms with E-state index in [2.05, 4.69) is 64.7 Å². The van der Waals surface area contributed by atoms with Gasteiger partial charge in [-0.15, -0.1) is 0 Å². The van der Waals surface area contributed by atoms with Gasteiger partial charge in [0.05, 0.1) is 19.5 Å². The third kappa shape index (κ3) is 4.78. The molecule has 0 unspecified atom stereocenters. The van der Waals surface area contributed by atoms with Crippen molar-refractivity contribution >= 4 is 21.7 Å². The van der Waals surface area contributed by atoms with Gasteiger partial charge in [0.15, 0.2) is 5.76 Å². The number of nitrogens with one attached hydrogen (secondary N) is 1. The quantitative estimate of drug-likeness (QED) is 0.845. The summed E-state index contributed by atoms with van der Waals surface area (Å²) < 4.78 is 6.16. The summed E-state index contributed by atoms with van der Waals surface area (Å²) in [5, 5.41) is 0. The van der Waals surface area contributed by atoms with Gasteiger partial charge in [0.1, 0.15) is 6.54 Å². The van der Waals surface area contributed by atoms with E-state index in [9.17, 15) is 4.79 Å². The van der Waals surface area contributed by atoms with E-state index in [0.717, 1.165) is 22.2 Å². The van der Waals surface area contributed by atoms with Crippen LogP contribution in [-0.4, -0.2) is 12.9 Å². The zero-order valence-electron chi connectivity index (χ0n) is 13.9. The second kappa shape index (κ2) is 8.10. The highest BCUT2D eigenvalue weighted by Gasteiger charge is 2.11. The molecule has 4 heteroatoms. The third-order valence-corrected chi connectivity index (χ3v) is 4.49. The minimum absolute atomic E-state index is 0.100. The lowest BCUT2D eigenvalue weighted by molar-refractivity contribution is -0.806. The number of carbonyl (C=O) groups excluding carboxylic acids is 1. The second-order valence-electron chi connectivity index (χ2n) is 5.79. The normalized spacial score (nSPS) is 20.8. The molecule has 0 spiro atoms. The van der Waals surface area contributed by atoms with Gasteiger partial charge in [-0.1, -0.05) is 46.3 Å². The molecular weight excluding hydrogens is 378 g/mol. The van der Waals surface area contributed by atoms with Crippen LogP contribution in [0.2, 0.25) is 0 Å². The minimum atomic E-state index is -0.100. The van der Waals surface area contributed by atoms with E-state index in [1.54, 1.807) is 12.2 Å². The average Bonchev–Trinajstić information content (AvgIpc) is 2.64. The zero-order chi connectivity index (χ0) is 17.6. The first kappa shape index (κ1) is 17.4. The van der Waals surface area contributed by atoms with Crippen molar-refractivity contribution in [1.29, 1.82) is 0 Å². The van der Waals surface area contributed by atoms with E-state index in [4.69, 9.17) is 4.74 Å². The maximum absolute atomic E-state index is 11.5. The Hall–Kier alpha value is -2.43. The predicted molar refractivity (Wildman–Crippen MR) is 102 cm³/mol. The maximum atomic E-state index is 11.5. The minimum Gasteiger partial charge on any atom is -0.493 e. The summed E-state index contributed by atoms with van der Waals surface area (Å²) in [5.41, 5.74) is 3.34. The number of quaternary nitrogens is 1. The van der Waals surface area contributed by atoms with Crippen molar-refractivity contribution in [2.24, 2.45) is 0 Å². The third-order valence-electron chi connectivity index (χ3n) is 3.96. The van der Waals surface area contributed by atoms with Gasteiger partial charge in [-0.25, -0.2) is 0 Å². The molecule has 1 heterocycles. The molecule has 0 radical (unpaired) electrons. The van der Waals surface area contributed by atoms with Crippen LogP contribution in [0.1, 0.15) is 5.56 Å². The summed E-state index contributed by atoms with van der Waals surface area (Å²) in [6.45, 7) is 0.916. The fourth-order valence-electron chi connectivity index (χ4n) is 2.56. The molecule has 1 aromatic carbocycles. The Bertz CT molecular complexity index is 823. The van der Waals surface area contributed by atoms with Crippen molar-refractivity contribution in [2.75, 3.05) is 7.11 Å². The van der Waals surface area contributed by atoms with Crippen molar-refractivity contribution in [2.45, 2.75) is 6.54 Å². The van der Waals surface area contributed by atoms with Crippen LogP contribution in [0.15, 0.2) is 101 Å². The highest BCUT2D eigenvalue weighted by molar-refractivity contribution is 9.10. The Kier molecular flexibility index (Phi) is 5.64. The molecule has 2 aliphatic rings. The lowest BCUT2D eigenvalue weighted by atomic mass is 10.1. The van der Waals surface area contributed by atoms with Crippen LogP contribution in [-0.2, 0) is 16.1 Å². The van der Waals surface area contributed by atoms with E-state index in [1.807, 2.05) is 12.2 Å².